The first-order chi connectivity index (χ1) is 15.3. The topological polar surface area (TPSA) is 37.9 Å². The van der Waals surface area contributed by atoms with Crippen molar-refractivity contribution in [2.75, 3.05) is 0 Å². The summed E-state index contributed by atoms with van der Waals surface area (Å²) in [5, 5.41) is 1.19. The van der Waals surface area contributed by atoms with Crippen LogP contribution in [0.3, 0.4) is 0 Å². The second-order valence-electron chi connectivity index (χ2n) is 7.73. The maximum atomic E-state index is 6.52. The Hall–Kier alpha value is -4.11. The lowest BCUT2D eigenvalue weighted by Crippen LogP contribution is -2.01. The summed E-state index contributed by atoms with van der Waals surface area (Å²) in [4.78, 5) is 8.15. The van der Waals surface area contributed by atoms with E-state index in [1.807, 2.05) is 30.5 Å². The largest absolute Gasteiger partial charge is 0.486 e. The van der Waals surface area contributed by atoms with Crippen LogP contribution in [-0.2, 0) is 6.61 Å². The highest BCUT2D eigenvalue weighted by molar-refractivity contribution is 6.02. The minimum Gasteiger partial charge on any atom is -0.486 e. The molecule has 31 heavy (non-hydrogen) atoms. The minimum absolute atomic E-state index is 0.433. The molecule has 1 N–H and O–H groups in total. The summed E-state index contributed by atoms with van der Waals surface area (Å²) in [6.45, 7) is 4.93. The van der Waals surface area contributed by atoms with Gasteiger partial charge in [-0.1, -0.05) is 67.2 Å². The molecule has 0 spiro atoms. The Kier molecular flexibility index (Phi) is 4.00. The van der Waals surface area contributed by atoms with E-state index >= 15 is 0 Å². The molecule has 3 nitrogen and oxygen atoms in total. The van der Waals surface area contributed by atoms with E-state index in [-0.39, 0.29) is 0 Å². The van der Waals surface area contributed by atoms with Gasteiger partial charge in [-0.05, 0) is 41.0 Å². The number of nitrogens with one attached hydrogen (secondary N) is 1. The molecule has 6 rings (SSSR count). The quantitative estimate of drug-likeness (QED) is 0.334. The molecule has 0 fully saturated rings. The number of aromatic nitrogens is 2. The molecule has 2 aromatic heterocycles. The van der Waals surface area contributed by atoms with Crippen molar-refractivity contribution in [3.8, 4) is 28.1 Å². The van der Waals surface area contributed by atoms with Crippen LogP contribution in [0, 0.1) is 0 Å². The van der Waals surface area contributed by atoms with Crippen LogP contribution in [0.15, 0.2) is 97.7 Å². The van der Waals surface area contributed by atoms with Gasteiger partial charge in [-0.2, -0.15) is 0 Å². The van der Waals surface area contributed by atoms with Crippen molar-refractivity contribution < 1.29 is 4.74 Å². The van der Waals surface area contributed by atoms with Crippen molar-refractivity contribution in [3.05, 3.63) is 115 Å². The summed E-state index contributed by atoms with van der Waals surface area (Å²) in [7, 11) is 0. The Morgan fingerprint density at radius 3 is 2.35 bits per heavy atom. The van der Waals surface area contributed by atoms with E-state index in [4.69, 9.17) is 4.74 Å². The minimum atomic E-state index is 0.433. The number of nitrogens with zero attached hydrogens (tertiary/aromatic N) is 1. The van der Waals surface area contributed by atoms with E-state index in [1.54, 1.807) is 0 Å². The molecule has 1 aliphatic rings. The van der Waals surface area contributed by atoms with Gasteiger partial charge in [0.2, 0.25) is 0 Å². The molecule has 3 aromatic carbocycles. The molecular formula is C28H20N2O. The van der Waals surface area contributed by atoms with Gasteiger partial charge >= 0.3 is 0 Å². The molecule has 5 aromatic rings. The third-order valence-electron chi connectivity index (χ3n) is 5.95. The van der Waals surface area contributed by atoms with E-state index in [0.29, 0.717) is 6.61 Å². The number of rotatable bonds is 1. The molecule has 3 heterocycles. The lowest BCUT2D eigenvalue weighted by atomic mass is 9.89. The zero-order valence-corrected chi connectivity index (χ0v) is 16.9. The number of hydrogen-bond acceptors (Lipinski definition) is 2. The second kappa shape index (κ2) is 6.99. The first kappa shape index (κ1) is 17.7. The Bertz CT molecular complexity index is 1450. The molecule has 3 heteroatoms. The smallest absolute Gasteiger partial charge is 0.137 e. The number of ether oxygens (including phenoxy) is 1. The van der Waals surface area contributed by atoms with Gasteiger partial charge in [0.15, 0.2) is 0 Å². The van der Waals surface area contributed by atoms with Gasteiger partial charge in [0.25, 0.3) is 0 Å². The molecule has 0 bridgehead atoms. The average molecular weight is 400 g/mol. The van der Waals surface area contributed by atoms with E-state index in [1.165, 1.54) is 16.5 Å². The van der Waals surface area contributed by atoms with Crippen molar-refractivity contribution in [2.45, 2.75) is 6.61 Å². The molecule has 0 aliphatic carbocycles. The zero-order valence-electron chi connectivity index (χ0n) is 16.9. The number of hydrogen-bond donors (Lipinski definition) is 1. The summed E-state index contributed by atoms with van der Waals surface area (Å²) in [6, 6.07) is 29.0. The van der Waals surface area contributed by atoms with E-state index in [9.17, 15) is 0 Å². The van der Waals surface area contributed by atoms with Gasteiger partial charge in [0.1, 0.15) is 12.4 Å². The first-order valence-corrected chi connectivity index (χ1v) is 10.4. The predicted octanol–water partition coefficient (Wildman–Crippen LogP) is 6.85. The van der Waals surface area contributed by atoms with Crippen LogP contribution in [0.2, 0.25) is 0 Å². The number of fused-ring (bicyclic) bond motifs is 6. The third-order valence-corrected chi connectivity index (χ3v) is 5.95. The summed E-state index contributed by atoms with van der Waals surface area (Å²) < 4.78 is 6.52. The van der Waals surface area contributed by atoms with Crippen LogP contribution < -0.4 is 4.74 Å². The van der Waals surface area contributed by atoms with Crippen LogP contribution in [0.4, 0.5) is 0 Å². The lowest BCUT2D eigenvalue weighted by molar-refractivity contribution is 0.303. The Morgan fingerprint density at radius 1 is 0.742 bits per heavy atom. The third kappa shape index (κ3) is 2.78. The maximum absolute atomic E-state index is 6.52. The number of H-pyrrole nitrogens is 1. The molecule has 0 atom stereocenters. The molecule has 1 aliphatic heterocycles. The Balaban J connectivity index is 1.65. The Morgan fingerprint density at radius 2 is 1.48 bits per heavy atom. The number of aromatic amines is 1. The highest BCUT2D eigenvalue weighted by Gasteiger charge is 2.23. The van der Waals surface area contributed by atoms with Crippen molar-refractivity contribution in [1.29, 1.82) is 0 Å². The van der Waals surface area contributed by atoms with E-state index in [0.717, 1.165) is 44.9 Å². The van der Waals surface area contributed by atoms with Crippen molar-refractivity contribution >= 4 is 16.5 Å². The normalized spacial score (nSPS) is 12.7. The van der Waals surface area contributed by atoms with Gasteiger partial charge in [0.05, 0.1) is 11.4 Å². The number of benzene rings is 3. The second-order valence-corrected chi connectivity index (χ2v) is 7.73. The van der Waals surface area contributed by atoms with Crippen LogP contribution in [0.1, 0.15) is 16.8 Å². The summed E-state index contributed by atoms with van der Waals surface area (Å²) in [6.07, 6.45) is 1.81. The monoisotopic (exact) mass is 400 g/mol. The van der Waals surface area contributed by atoms with Gasteiger partial charge in [-0.25, -0.2) is 0 Å². The van der Waals surface area contributed by atoms with Gasteiger partial charge < -0.3 is 9.72 Å². The average Bonchev–Trinajstić information content (AvgIpc) is 3.21. The highest BCUT2D eigenvalue weighted by atomic mass is 16.5. The number of pyridine rings is 1. The molecule has 0 amide bonds. The van der Waals surface area contributed by atoms with E-state index in [2.05, 4.69) is 77.2 Å². The summed E-state index contributed by atoms with van der Waals surface area (Å²) in [5.74, 6) is 0.813. The fourth-order valence-corrected chi connectivity index (χ4v) is 4.52. The predicted molar refractivity (Wildman–Crippen MR) is 126 cm³/mol. The molecule has 148 valence electrons. The summed E-state index contributed by atoms with van der Waals surface area (Å²) >= 11 is 0. The zero-order chi connectivity index (χ0) is 20.8. The molecule has 0 saturated heterocycles. The van der Waals surface area contributed by atoms with Crippen molar-refractivity contribution in [1.82, 2.24) is 9.97 Å². The van der Waals surface area contributed by atoms with Gasteiger partial charge in [-0.15, -0.1) is 0 Å². The number of para-hydroxylation sites is 2. The van der Waals surface area contributed by atoms with Crippen LogP contribution in [0.25, 0.3) is 38.9 Å². The fraction of sp³-hybridized carbons (Fsp3) is 0.0357. The van der Waals surface area contributed by atoms with E-state index < -0.39 is 0 Å². The molecule has 0 saturated carbocycles. The summed E-state index contributed by atoms with van der Waals surface area (Å²) in [5.41, 5.74) is 9.41. The standard InChI is InChI=1S/C28H20N2O/c1-18-19-9-2-3-10-21(19)27-22-11-4-5-15-25(22)30-26(27)17-31-28-20(18)12-8-13-23(28)24-14-6-7-16-29-24/h2-16,30H,1,17H2. The molecule has 0 radical (unpaired) electrons. The van der Waals surface area contributed by atoms with Crippen molar-refractivity contribution in [2.24, 2.45) is 0 Å². The fourth-order valence-electron chi connectivity index (χ4n) is 4.52. The van der Waals surface area contributed by atoms with Gasteiger partial charge in [0, 0.05) is 33.8 Å². The highest BCUT2D eigenvalue weighted by Crippen LogP contribution is 2.44. The Labute approximate surface area is 180 Å². The lowest BCUT2D eigenvalue weighted by Gasteiger charge is -2.17. The first-order valence-electron chi connectivity index (χ1n) is 10.4. The van der Waals surface area contributed by atoms with Crippen LogP contribution >= 0.6 is 0 Å². The molecular weight excluding hydrogens is 380 g/mol. The van der Waals surface area contributed by atoms with Gasteiger partial charge in [-0.3, -0.25) is 4.98 Å². The van der Waals surface area contributed by atoms with Crippen molar-refractivity contribution in [3.63, 3.8) is 0 Å². The maximum Gasteiger partial charge on any atom is 0.137 e. The SMILES string of the molecule is C=C1c2ccccc2-c2c([nH]c3ccccc23)COc2c1cccc2-c1ccccn1. The molecule has 0 unspecified atom stereocenters. The van der Waals surface area contributed by atoms with Crippen LogP contribution in [-0.4, -0.2) is 9.97 Å². The van der Waals surface area contributed by atoms with Crippen LogP contribution in [0.5, 0.6) is 5.75 Å².